The smallest absolute Gasteiger partial charge is 0.237 e. The summed E-state index contributed by atoms with van der Waals surface area (Å²) in [5.74, 6) is 0.123. The molecule has 0 saturated carbocycles. The summed E-state index contributed by atoms with van der Waals surface area (Å²) in [7, 11) is 1.91. The summed E-state index contributed by atoms with van der Waals surface area (Å²) >= 11 is 0. The second-order valence-corrected chi connectivity index (χ2v) is 4.27. The van der Waals surface area contributed by atoms with Gasteiger partial charge in [0.05, 0.1) is 6.04 Å². The Morgan fingerprint density at radius 3 is 3.00 bits per heavy atom. The van der Waals surface area contributed by atoms with E-state index in [1.807, 2.05) is 25.2 Å². The van der Waals surface area contributed by atoms with Crippen molar-refractivity contribution in [3.8, 4) is 0 Å². The lowest BCUT2D eigenvalue weighted by molar-refractivity contribution is -0.124. The van der Waals surface area contributed by atoms with E-state index in [0.717, 1.165) is 31.6 Å². The van der Waals surface area contributed by atoms with Crippen LogP contribution < -0.4 is 16.0 Å². The Labute approximate surface area is 102 Å². The van der Waals surface area contributed by atoms with E-state index in [4.69, 9.17) is 0 Å². The first-order valence-corrected chi connectivity index (χ1v) is 6.08. The van der Waals surface area contributed by atoms with E-state index in [-0.39, 0.29) is 11.9 Å². The van der Waals surface area contributed by atoms with Crippen LogP contribution in [0.25, 0.3) is 0 Å². The maximum Gasteiger partial charge on any atom is 0.237 e. The summed E-state index contributed by atoms with van der Waals surface area (Å²) in [6.07, 6.45) is 1.98. The maximum atomic E-state index is 11.6. The average molecular weight is 233 g/mol. The van der Waals surface area contributed by atoms with Crippen molar-refractivity contribution in [2.75, 3.05) is 18.9 Å². The van der Waals surface area contributed by atoms with Gasteiger partial charge in [0.25, 0.3) is 0 Å². The standard InChI is InChI=1S/C13H19N3O/c1-14-11-6-3-2-5-10(11)9-16-12-7-4-8-15-13(12)17/h2-3,5-6,12,14,16H,4,7-9H2,1H3,(H,15,17)/t12-/m0/s1. The minimum absolute atomic E-state index is 0.0475. The highest BCUT2D eigenvalue weighted by molar-refractivity contribution is 5.82. The van der Waals surface area contributed by atoms with Gasteiger partial charge in [-0.1, -0.05) is 18.2 Å². The van der Waals surface area contributed by atoms with Crippen LogP contribution in [0, 0.1) is 0 Å². The minimum atomic E-state index is -0.0475. The Morgan fingerprint density at radius 1 is 1.41 bits per heavy atom. The monoisotopic (exact) mass is 233 g/mol. The molecular weight excluding hydrogens is 214 g/mol. The van der Waals surface area contributed by atoms with E-state index in [0.29, 0.717) is 0 Å². The van der Waals surface area contributed by atoms with Gasteiger partial charge in [-0.2, -0.15) is 0 Å². The van der Waals surface area contributed by atoms with Crippen LogP contribution in [0.2, 0.25) is 0 Å². The molecule has 4 nitrogen and oxygen atoms in total. The Balaban J connectivity index is 1.94. The second-order valence-electron chi connectivity index (χ2n) is 4.27. The van der Waals surface area contributed by atoms with Crippen molar-refractivity contribution in [3.63, 3.8) is 0 Å². The molecule has 0 radical (unpaired) electrons. The zero-order chi connectivity index (χ0) is 12.1. The van der Waals surface area contributed by atoms with E-state index < -0.39 is 0 Å². The molecular formula is C13H19N3O. The number of hydrogen-bond donors (Lipinski definition) is 3. The van der Waals surface area contributed by atoms with Crippen LogP contribution in [-0.4, -0.2) is 25.5 Å². The molecule has 1 amide bonds. The Hall–Kier alpha value is -1.55. The van der Waals surface area contributed by atoms with E-state index >= 15 is 0 Å². The number of benzene rings is 1. The van der Waals surface area contributed by atoms with Gasteiger partial charge in [0, 0.05) is 25.8 Å². The number of anilines is 1. The fourth-order valence-electron chi connectivity index (χ4n) is 2.12. The van der Waals surface area contributed by atoms with Crippen LogP contribution in [-0.2, 0) is 11.3 Å². The van der Waals surface area contributed by atoms with Crippen molar-refractivity contribution in [2.24, 2.45) is 0 Å². The topological polar surface area (TPSA) is 53.2 Å². The molecule has 17 heavy (non-hydrogen) atoms. The number of carbonyl (C=O) groups is 1. The number of piperidine rings is 1. The highest BCUT2D eigenvalue weighted by Gasteiger charge is 2.21. The van der Waals surface area contributed by atoms with Crippen LogP contribution in [0.4, 0.5) is 5.69 Å². The first-order chi connectivity index (χ1) is 8.31. The van der Waals surface area contributed by atoms with Crippen molar-refractivity contribution in [2.45, 2.75) is 25.4 Å². The minimum Gasteiger partial charge on any atom is -0.388 e. The van der Waals surface area contributed by atoms with Gasteiger partial charge < -0.3 is 16.0 Å². The number of amides is 1. The number of nitrogens with one attached hydrogen (secondary N) is 3. The average Bonchev–Trinajstić information content (AvgIpc) is 2.38. The molecule has 1 aromatic rings. The molecule has 92 valence electrons. The summed E-state index contributed by atoms with van der Waals surface area (Å²) in [4.78, 5) is 11.6. The highest BCUT2D eigenvalue weighted by Crippen LogP contribution is 2.14. The van der Waals surface area contributed by atoms with Gasteiger partial charge in [-0.25, -0.2) is 0 Å². The van der Waals surface area contributed by atoms with E-state index in [2.05, 4.69) is 22.0 Å². The van der Waals surface area contributed by atoms with Gasteiger partial charge in [-0.05, 0) is 24.5 Å². The Bertz CT molecular complexity index is 392. The summed E-state index contributed by atoms with van der Waals surface area (Å²) in [5.41, 5.74) is 2.30. The normalized spacial score (nSPS) is 19.8. The largest absolute Gasteiger partial charge is 0.388 e. The zero-order valence-electron chi connectivity index (χ0n) is 10.1. The highest BCUT2D eigenvalue weighted by atomic mass is 16.2. The third-order valence-corrected chi connectivity index (χ3v) is 3.11. The maximum absolute atomic E-state index is 11.6. The lowest BCUT2D eigenvalue weighted by atomic mass is 10.1. The molecule has 1 atom stereocenters. The molecule has 1 aromatic carbocycles. The molecule has 0 aliphatic carbocycles. The third kappa shape index (κ3) is 2.97. The van der Waals surface area contributed by atoms with Gasteiger partial charge in [0.2, 0.25) is 5.91 Å². The number of hydrogen-bond acceptors (Lipinski definition) is 3. The Morgan fingerprint density at radius 2 is 2.24 bits per heavy atom. The lowest BCUT2D eigenvalue weighted by Gasteiger charge is -2.23. The predicted octanol–water partition coefficient (Wildman–Crippen LogP) is 1.10. The molecule has 1 fully saturated rings. The predicted molar refractivity (Wildman–Crippen MR) is 68.9 cm³/mol. The number of para-hydroxylation sites is 1. The fraction of sp³-hybridized carbons (Fsp3) is 0.462. The van der Waals surface area contributed by atoms with Crippen LogP contribution in [0.1, 0.15) is 18.4 Å². The Kier molecular flexibility index (Phi) is 3.98. The lowest BCUT2D eigenvalue weighted by Crippen LogP contribution is -2.47. The van der Waals surface area contributed by atoms with Crippen LogP contribution in [0.3, 0.4) is 0 Å². The number of rotatable bonds is 4. The number of carbonyl (C=O) groups excluding carboxylic acids is 1. The summed E-state index contributed by atoms with van der Waals surface area (Å²) in [5, 5.41) is 9.34. The second kappa shape index (κ2) is 5.68. The van der Waals surface area contributed by atoms with E-state index in [9.17, 15) is 4.79 Å². The van der Waals surface area contributed by atoms with Gasteiger partial charge in [0.15, 0.2) is 0 Å². The first-order valence-electron chi connectivity index (χ1n) is 6.08. The van der Waals surface area contributed by atoms with E-state index in [1.165, 1.54) is 5.56 Å². The SMILES string of the molecule is CNc1ccccc1CN[C@H]1CCCNC1=O. The molecule has 3 N–H and O–H groups in total. The zero-order valence-corrected chi connectivity index (χ0v) is 10.1. The van der Waals surface area contributed by atoms with Gasteiger partial charge >= 0.3 is 0 Å². The van der Waals surface area contributed by atoms with Gasteiger partial charge in [-0.15, -0.1) is 0 Å². The van der Waals surface area contributed by atoms with Crippen molar-refractivity contribution >= 4 is 11.6 Å². The van der Waals surface area contributed by atoms with E-state index in [1.54, 1.807) is 0 Å². The van der Waals surface area contributed by atoms with Crippen molar-refractivity contribution in [1.82, 2.24) is 10.6 Å². The molecule has 1 heterocycles. The molecule has 0 aromatic heterocycles. The first kappa shape index (κ1) is 11.9. The molecule has 1 aliphatic heterocycles. The fourth-order valence-corrected chi connectivity index (χ4v) is 2.12. The molecule has 4 heteroatoms. The quantitative estimate of drug-likeness (QED) is 0.730. The van der Waals surface area contributed by atoms with Gasteiger partial charge in [0.1, 0.15) is 0 Å². The van der Waals surface area contributed by atoms with Crippen molar-refractivity contribution in [3.05, 3.63) is 29.8 Å². The molecule has 2 rings (SSSR count). The summed E-state index contributed by atoms with van der Waals surface area (Å²) in [6.45, 7) is 1.53. The summed E-state index contributed by atoms with van der Waals surface area (Å²) < 4.78 is 0. The molecule has 0 unspecified atom stereocenters. The molecule has 1 saturated heterocycles. The molecule has 0 bridgehead atoms. The van der Waals surface area contributed by atoms with Crippen LogP contribution in [0.15, 0.2) is 24.3 Å². The van der Waals surface area contributed by atoms with Crippen LogP contribution >= 0.6 is 0 Å². The van der Waals surface area contributed by atoms with Gasteiger partial charge in [-0.3, -0.25) is 4.79 Å². The third-order valence-electron chi connectivity index (χ3n) is 3.11. The van der Waals surface area contributed by atoms with Crippen LogP contribution in [0.5, 0.6) is 0 Å². The molecule has 0 spiro atoms. The molecule has 1 aliphatic rings. The van der Waals surface area contributed by atoms with Crippen molar-refractivity contribution < 1.29 is 4.79 Å². The summed E-state index contributed by atoms with van der Waals surface area (Å²) in [6, 6.07) is 8.08. The van der Waals surface area contributed by atoms with Crippen molar-refractivity contribution in [1.29, 1.82) is 0 Å².